The van der Waals surface area contributed by atoms with E-state index in [0.29, 0.717) is 18.5 Å². The molecule has 4 nitrogen and oxygen atoms in total. The molecule has 0 radical (unpaired) electrons. The van der Waals surface area contributed by atoms with E-state index in [-0.39, 0.29) is 25.5 Å². The first-order valence-corrected chi connectivity index (χ1v) is 8.01. The number of nitrogens with zero attached hydrogens (tertiary/aromatic N) is 2. The topological polar surface area (TPSA) is 40.6 Å². The molecule has 3 rings (SSSR count). The molecule has 7 heteroatoms. The summed E-state index contributed by atoms with van der Waals surface area (Å²) in [6, 6.07) is 12.9. The zero-order chi connectivity index (χ0) is 18.0. The Bertz CT molecular complexity index is 799. The van der Waals surface area contributed by atoms with Gasteiger partial charge in [0.05, 0.1) is 0 Å². The van der Waals surface area contributed by atoms with Crippen LogP contribution in [0.2, 0.25) is 0 Å². The Balaban J connectivity index is 1.78. The number of hydrogen-bond acceptors (Lipinski definition) is 2. The molecule has 0 aromatic heterocycles. The van der Waals surface area contributed by atoms with E-state index in [1.165, 1.54) is 4.90 Å². The van der Waals surface area contributed by atoms with E-state index in [1.807, 2.05) is 30.3 Å². The summed E-state index contributed by atoms with van der Waals surface area (Å²) in [6.45, 7) is 0.292. The molecule has 0 unspecified atom stereocenters. The van der Waals surface area contributed by atoms with Gasteiger partial charge in [-0.3, -0.25) is 9.59 Å². The molecule has 0 spiro atoms. The van der Waals surface area contributed by atoms with Crippen LogP contribution < -0.4 is 0 Å². The second kappa shape index (κ2) is 6.74. The molecule has 0 atom stereocenters. The summed E-state index contributed by atoms with van der Waals surface area (Å²) in [4.78, 5) is 26.5. The van der Waals surface area contributed by atoms with Crippen LogP contribution in [-0.2, 0) is 4.79 Å². The predicted molar refractivity (Wildman–Crippen MR) is 87.1 cm³/mol. The molecule has 0 bridgehead atoms. The monoisotopic (exact) mass is 350 g/mol. The molecule has 1 aliphatic heterocycles. The standard InChI is InChI=1S/C18H17F3N2O2/c19-18(20,21)17(25)23-10-4-9-22(11-12-23)16(24)15-8-3-6-13-5-1-2-7-14(13)15/h1-3,5-8H,4,9-12H2. The van der Waals surface area contributed by atoms with Gasteiger partial charge in [-0.2, -0.15) is 13.2 Å². The summed E-state index contributed by atoms with van der Waals surface area (Å²) in [5.74, 6) is -2.06. The minimum Gasteiger partial charge on any atom is -0.337 e. The van der Waals surface area contributed by atoms with Gasteiger partial charge in [0.25, 0.3) is 5.91 Å². The summed E-state index contributed by atoms with van der Waals surface area (Å²) in [6.07, 6.45) is -4.56. The quantitative estimate of drug-likeness (QED) is 0.793. The molecule has 2 aromatic rings. The Morgan fingerprint density at radius 1 is 0.840 bits per heavy atom. The second-order valence-electron chi connectivity index (χ2n) is 5.96. The maximum absolute atomic E-state index is 12.8. The largest absolute Gasteiger partial charge is 0.471 e. The van der Waals surface area contributed by atoms with Crippen LogP contribution in [0.1, 0.15) is 16.8 Å². The van der Waals surface area contributed by atoms with Crippen molar-refractivity contribution in [3.63, 3.8) is 0 Å². The number of alkyl halides is 3. The molecule has 0 aliphatic carbocycles. The van der Waals surface area contributed by atoms with E-state index >= 15 is 0 Å². The maximum Gasteiger partial charge on any atom is 0.471 e. The molecular weight excluding hydrogens is 333 g/mol. The Morgan fingerprint density at radius 2 is 1.48 bits per heavy atom. The van der Waals surface area contributed by atoms with E-state index in [0.717, 1.165) is 15.7 Å². The third-order valence-electron chi connectivity index (χ3n) is 4.33. The lowest BCUT2D eigenvalue weighted by Gasteiger charge is -2.23. The molecule has 0 saturated carbocycles. The fourth-order valence-corrected chi connectivity index (χ4v) is 3.09. The number of hydrogen-bond donors (Lipinski definition) is 0. The van der Waals surface area contributed by atoms with E-state index < -0.39 is 12.1 Å². The summed E-state index contributed by atoms with van der Waals surface area (Å²) >= 11 is 0. The first kappa shape index (κ1) is 17.3. The van der Waals surface area contributed by atoms with Gasteiger partial charge in [-0.1, -0.05) is 36.4 Å². The molecule has 1 saturated heterocycles. The zero-order valence-electron chi connectivity index (χ0n) is 13.4. The third kappa shape index (κ3) is 3.60. The zero-order valence-corrected chi connectivity index (χ0v) is 13.4. The van der Waals surface area contributed by atoms with Crippen molar-refractivity contribution in [1.82, 2.24) is 9.80 Å². The van der Waals surface area contributed by atoms with Gasteiger partial charge in [-0.05, 0) is 23.3 Å². The number of amides is 2. The molecule has 25 heavy (non-hydrogen) atoms. The number of rotatable bonds is 1. The Kier molecular flexibility index (Phi) is 4.65. The van der Waals surface area contributed by atoms with Gasteiger partial charge in [0.15, 0.2) is 0 Å². The summed E-state index contributed by atoms with van der Waals surface area (Å²) in [5.41, 5.74) is 0.522. The molecule has 132 valence electrons. The minimum atomic E-state index is -4.88. The predicted octanol–water partition coefficient (Wildman–Crippen LogP) is 3.08. The van der Waals surface area contributed by atoms with Crippen molar-refractivity contribution in [3.8, 4) is 0 Å². The van der Waals surface area contributed by atoms with Crippen LogP contribution in [-0.4, -0.2) is 54.0 Å². The summed E-state index contributed by atoms with van der Waals surface area (Å²) in [5, 5.41) is 1.74. The lowest BCUT2D eigenvalue weighted by atomic mass is 10.0. The Morgan fingerprint density at radius 3 is 2.24 bits per heavy atom. The van der Waals surface area contributed by atoms with Crippen molar-refractivity contribution in [1.29, 1.82) is 0 Å². The van der Waals surface area contributed by atoms with Crippen LogP contribution in [0.3, 0.4) is 0 Å². The molecule has 1 aliphatic rings. The van der Waals surface area contributed by atoms with E-state index in [9.17, 15) is 22.8 Å². The highest BCUT2D eigenvalue weighted by Gasteiger charge is 2.42. The summed E-state index contributed by atoms with van der Waals surface area (Å²) < 4.78 is 37.8. The smallest absolute Gasteiger partial charge is 0.337 e. The molecule has 1 fully saturated rings. The number of carbonyl (C=O) groups excluding carboxylic acids is 2. The van der Waals surface area contributed by atoms with Gasteiger partial charge in [-0.15, -0.1) is 0 Å². The highest BCUT2D eigenvalue weighted by atomic mass is 19.4. The molecule has 2 aromatic carbocycles. The second-order valence-corrected chi connectivity index (χ2v) is 5.96. The van der Waals surface area contributed by atoms with Crippen LogP contribution in [0, 0.1) is 0 Å². The van der Waals surface area contributed by atoms with Crippen LogP contribution in [0.4, 0.5) is 13.2 Å². The fraction of sp³-hybridized carbons (Fsp3) is 0.333. The van der Waals surface area contributed by atoms with Gasteiger partial charge in [0.2, 0.25) is 0 Å². The van der Waals surface area contributed by atoms with Crippen molar-refractivity contribution in [2.75, 3.05) is 26.2 Å². The van der Waals surface area contributed by atoms with Crippen molar-refractivity contribution < 1.29 is 22.8 Å². The van der Waals surface area contributed by atoms with Crippen molar-refractivity contribution in [3.05, 3.63) is 48.0 Å². The Labute approximate surface area is 142 Å². The van der Waals surface area contributed by atoms with Gasteiger partial charge in [0, 0.05) is 31.7 Å². The fourth-order valence-electron chi connectivity index (χ4n) is 3.09. The van der Waals surface area contributed by atoms with E-state index in [4.69, 9.17) is 0 Å². The van der Waals surface area contributed by atoms with Crippen LogP contribution in [0.25, 0.3) is 10.8 Å². The lowest BCUT2D eigenvalue weighted by molar-refractivity contribution is -0.185. The number of benzene rings is 2. The number of halogens is 3. The molecular formula is C18H17F3N2O2. The van der Waals surface area contributed by atoms with Gasteiger partial charge >= 0.3 is 12.1 Å². The molecule has 0 N–H and O–H groups in total. The number of fused-ring (bicyclic) bond motifs is 1. The molecule has 1 heterocycles. The van der Waals surface area contributed by atoms with Gasteiger partial charge in [-0.25, -0.2) is 0 Å². The average Bonchev–Trinajstić information content (AvgIpc) is 2.85. The first-order valence-electron chi connectivity index (χ1n) is 8.01. The highest BCUT2D eigenvalue weighted by Crippen LogP contribution is 2.22. The maximum atomic E-state index is 12.8. The van der Waals surface area contributed by atoms with Crippen LogP contribution in [0.15, 0.2) is 42.5 Å². The normalized spacial score (nSPS) is 16.0. The van der Waals surface area contributed by atoms with Crippen molar-refractivity contribution >= 4 is 22.6 Å². The minimum absolute atomic E-state index is 0.00232. The lowest BCUT2D eigenvalue weighted by Crippen LogP contribution is -2.43. The highest BCUT2D eigenvalue weighted by molar-refractivity contribution is 6.07. The first-order chi connectivity index (χ1) is 11.9. The van der Waals surface area contributed by atoms with Crippen LogP contribution in [0.5, 0.6) is 0 Å². The van der Waals surface area contributed by atoms with Crippen molar-refractivity contribution in [2.24, 2.45) is 0 Å². The van der Waals surface area contributed by atoms with E-state index in [1.54, 1.807) is 12.1 Å². The average molecular weight is 350 g/mol. The van der Waals surface area contributed by atoms with Gasteiger partial charge in [0.1, 0.15) is 0 Å². The van der Waals surface area contributed by atoms with E-state index in [2.05, 4.69) is 0 Å². The Hall–Kier alpha value is -2.57. The van der Waals surface area contributed by atoms with Gasteiger partial charge < -0.3 is 9.80 Å². The molecule has 2 amide bonds. The SMILES string of the molecule is O=C(c1cccc2ccccc12)N1CCCN(C(=O)C(F)(F)F)CC1. The van der Waals surface area contributed by atoms with Crippen LogP contribution >= 0.6 is 0 Å². The van der Waals surface area contributed by atoms with Crippen molar-refractivity contribution in [2.45, 2.75) is 12.6 Å². The number of carbonyl (C=O) groups is 2. The summed E-state index contributed by atoms with van der Waals surface area (Å²) in [7, 11) is 0. The third-order valence-corrected chi connectivity index (χ3v) is 4.33.